The van der Waals surface area contributed by atoms with E-state index in [1.54, 1.807) is 12.1 Å². The summed E-state index contributed by atoms with van der Waals surface area (Å²) in [6.07, 6.45) is 2.61. The first-order valence-electron chi connectivity index (χ1n) is 7.38. The van der Waals surface area contributed by atoms with E-state index in [1.165, 1.54) is 6.07 Å². The topological polar surface area (TPSA) is 75.6 Å². The summed E-state index contributed by atoms with van der Waals surface area (Å²) in [6.45, 7) is 4.25. The van der Waals surface area contributed by atoms with Crippen molar-refractivity contribution < 1.29 is 18.3 Å². The molecule has 0 unspecified atom stereocenters. The smallest absolute Gasteiger partial charge is 0.240 e. The van der Waals surface area contributed by atoms with E-state index in [0.29, 0.717) is 25.2 Å². The number of hydrogen-bond acceptors (Lipinski definition) is 4. The number of aliphatic hydroxyl groups is 1. The third kappa shape index (κ3) is 3.96. The Morgan fingerprint density at radius 1 is 1.33 bits per heavy atom. The summed E-state index contributed by atoms with van der Waals surface area (Å²) in [5, 5.41) is 9.90. The molecule has 0 bridgehead atoms. The van der Waals surface area contributed by atoms with Crippen molar-refractivity contribution in [2.45, 2.75) is 56.6 Å². The monoisotopic (exact) mass is 313 g/mol. The van der Waals surface area contributed by atoms with Crippen molar-refractivity contribution in [2.75, 3.05) is 6.61 Å². The second-order valence-corrected chi connectivity index (χ2v) is 7.15. The molecule has 6 heteroatoms. The van der Waals surface area contributed by atoms with Crippen LogP contribution >= 0.6 is 0 Å². The summed E-state index contributed by atoms with van der Waals surface area (Å²) in [5.41, 5.74) is 0.781. The highest BCUT2D eigenvalue weighted by atomic mass is 32.2. The Bertz CT molecular complexity index is 585. The molecular weight excluding hydrogens is 290 g/mol. The van der Waals surface area contributed by atoms with E-state index in [0.717, 1.165) is 18.4 Å². The summed E-state index contributed by atoms with van der Waals surface area (Å²) in [6, 6.07) is 4.42. The molecule has 0 heterocycles. The maximum atomic E-state index is 12.4. The van der Waals surface area contributed by atoms with E-state index in [-0.39, 0.29) is 4.90 Å². The Morgan fingerprint density at radius 3 is 2.67 bits per heavy atom. The number of benzene rings is 1. The normalized spacial score (nSPS) is 23.0. The van der Waals surface area contributed by atoms with Gasteiger partial charge in [-0.25, -0.2) is 13.1 Å². The van der Waals surface area contributed by atoms with E-state index in [2.05, 4.69) is 4.72 Å². The fourth-order valence-electron chi connectivity index (χ4n) is 2.62. The maximum absolute atomic E-state index is 12.4. The molecule has 1 aliphatic rings. The third-order valence-electron chi connectivity index (χ3n) is 3.79. The zero-order chi connectivity index (χ0) is 15.5. The van der Waals surface area contributed by atoms with Crippen LogP contribution in [0.3, 0.4) is 0 Å². The van der Waals surface area contributed by atoms with Crippen molar-refractivity contribution >= 4 is 10.0 Å². The van der Waals surface area contributed by atoms with Crippen molar-refractivity contribution in [3.8, 4) is 5.75 Å². The van der Waals surface area contributed by atoms with Gasteiger partial charge < -0.3 is 9.84 Å². The van der Waals surface area contributed by atoms with Crippen LogP contribution in [0.5, 0.6) is 5.75 Å². The molecule has 1 aromatic carbocycles. The second kappa shape index (κ2) is 6.77. The minimum atomic E-state index is -3.61. The van der Waals surface area contributed by atoms with Crippen molar-refractivity contribution in [2.24, 2.45) is 0 Å². The Morgan fingerprint density at radius 2 is 2.05 bits per heavy atom. The fourth-order valence-corrected chi connectivity index (χ4v) is 4.01. The first kappa shape index (κ1) is 16.3. The van der Waals surface area contributed by atoms with Crippen LogP contribution in [0.25, 0.3) is 0 Å². The molecule has 0 spiro atoms. The van der Waals surface area contributed by atoms with Gasteiger partial charge in [0.05, 0.1) is 17.6 Å². The maximum Gasteiger partial charge on any atom is 0.240 e. The average molecular weight is 313 g/mol. The van der Waals surface area contributed by atoms with Gasteiger partial charge in [0.15, 0.2) is 0 Å². The van der Waals surface area contributed by atoms with Crippen molar-refractivity contribution in [3.05, 3.63) is 23.8 Å². The zero-order valence-corrected chi connectivity index (χ0v) is 13.3. The standard InChI is InChI=1S/C15H23NO4S/c1-3-20-15-9-8-12(10-11(15)2)21(18,19)16-13-6-4-5-7-14(13)17/h8-10,13-14,16-17H,3-7H2,1-2H3/t13-,14-/m0/s1. The molecule has 0 aliphatic heterocycles. The average Bonchev–Trinajstić information content (AvgIpc) is 2.43. The van der Waals surface area contributed by atoms with E-state index in [4.69, 9.17) is 4.74 Å². The number of aliphatic hydroxyl groups excluding tert-OH is 1. The Kier molecular flexibility index (Phi) is 5.24. The SMILES string of the molecule is CCOc1ccc(S(=O)(=O)N[C@H]2CCCC[C@@H]2O)cc1C. The lowest BCUT2D eigenvalue weighted by Crippen LogP contribution is -2.44. The lowest BCUT2D eigenvalue weighted by atomic mass is 9.93. The predicted molar refractivity (Wildman–Crippen MR) is 80.9 cm³/mol. The summed E-state index contributed by atoms with van der Waals surface area (Å²) < 4.78 is 32.8. The first-order valence-corrected chi connectivity index (χ1v) is 8.86. The van der Waals surface area contributed by atoms with Gasteiger partial charge in [-0.15, -0.1) is 0 Å². The molecule has 1 fully saturated rings. The molecule has 21 heavy (non-hydrogen) atoms. The number of sulfonamides is 1. The molecule has 0 amide bonds. The van der Waals surface area contributed by atoms with Crippen molar-refractivity contribution in [1.29, 1.82) is 0 Å². The number of nitrogens with one attached hydrogen (secondary N) is 1. The van der Waals surface area contributed by atoms with E-state index in [1.807, 2.05) is 13.8 Å². The minimum Gasteiger partial charge on any atom is -0.494 e. The Balaban J connectivity index is 2.17. The molecule has 2 rings (SSSR count). The minimum absolute atomic E-state index is 0.209. The molecule has 0 aromatic heterocycles. The van der Waals surface area contributed by atoms with Crippen LogP contribution in [0, 0.1) is 6.92 Å². The molecule has 5 nitrogen and oxygen atoms in total. The van der Waals surface area contributed by atoms with Crippen LogP contribution in [0.2, 0.25) is 0 Å². The molecule has 1 aromatic rings. The summed E-state index contributed by atoms with van der Waals surface area (Å²) in [7, 11) is -3.61. The molecule has 1 aliphatic carbocycles. The Hall–Kier alpha value is -1.11. The highest BCUT2D eigenvalue weighted by Gasteiger charge is 2.28. The van der Waals surface area contributed by atoms with E-state index >= 15 is 0 Å². The van der Waals surface area contributed by atoms with Gasteiger partial charge in [-0.1, -0.05) is 12.8 Å². The number of rotatable bonds is 5. The van der Waals surface area contributed by atoms with Gasteiger partial charge in [-0.3, -0.25) is 0 Å². The van der Waals surface area contributed by atoms with E-state index in [9.17, 15) is 13.5 Å². The van der Waals surface area contributed by atoms with Gasteiger partial charge in [-0.05, 0) is 50.5 Å². The van der Waals surface area contributed by atoms with Gasteiger partial charge in [-0.2, -0.15) is 0 Å². The number of ether oxygens (including phenoxy) is 1. The quantitative estimate of drug-likeness (QED) is 0.871. The predicted octanol–water partition coefficient (Wildman–Crippen LogP) is 1.98. The van der Waals surface area contributed by atoms with Gasteiger partial charge in [0.25, 0.3) is 0 Å². The number of aryl methyl sites for hydroxylation is 1. The zero-order valence-electron chi connectivity index (χ0n) is 12.5. The van der Waals surface area contributed by atoms with Gasteiger partial charge >= 0.3 is 0 Å². The van der Waals surface area contributed by atoms with Crippen molar-refractivity contribution in [1.82, 2.24) is 4.72 Å². The van der Waals surface area contributed by atoms with Gasteiger partial charge in [0.1, 0.15) is 5.75 Å². The molecule has 0 saturated heterocycles. The molecular formula is C15H23NO4S. The van der Waals surface area contributed by atoms with Crippen LogP contribution in [0.15, 0.2) is 23.1 Å². The fraction of sp³-hybridized carbons (Fsp3) is 0.600. The molecule has 2 atom stereocenters. The molecule has 2 N–H and O–H groups in total. The van der Waals surface area contributed by atoms with Crippen LogP contribution < -0.4 is 9.46 Å². The lowest BCUT2D eigenvalue weighted by Gasteiger charge is -2.28. The van der Waals surface area contributed by atoms with Crippen LogP contribution in [-0.2, 0) is 10.0 Å². The second-order valence-electron chi connectivity index (χ2n) is 5.44. The molecule has 1 saturated carbocycles. The van der Waals surface area contributed by atoms with Crippen LogP contribution in [0.1, 0.15) is 38.2 Å². The van der Waals surface area contributed by atoms with Crippen molar-refractivity contribution in [3.63, 3.8) is 0 Å². The Labute approximate surface area is 126 Å². The highest BCUT2D eigenvalue weighted by molar-refractivity contribution is 7.89. The summed E-state index contributed by atoms with van der Waals surface area (Å²) >= 11 is 0. The largest absolute Gasteiger partial charge is 0.494 e. The molecule has 0 radical (unpaired) electrons. The lowest BCUT2D eigenvalue weighted by molar-refractivity contribution is 0.101. The van der Waals surface area contributed by atoms with E-state index < -0.39 is 22.2 Å². The summed E-state index contributed by atoms with van der Waals surface area (Å²) in [4.78, 5) is 0.209. The van der Waals surface area contributed by atoms with Crippen LogP contribution in [-0.4, -0.2) is 32.3 Å². The third-order valence-corrected chi connectivity index (χ3v) is 5.28. The first-order chi connectivity index (χ1) is 9.94. The summed E-state index contributed by atoms with van der Waals surface area (Å²) in [5.74, 6) is 0.689. The highest BCUT2D eigenvalue weighted by Crippen LogP contribution is 2.24. The van der Waals surface area contributed by atoms with Gasteiger partial charge in [0, 0.05) is 6.04 Å². The number of hydrogen-bond donors (Lipinski definition) is 2. The van der Waals surface area contributed by atoms with Gasteiger partial charge in [0.2, 0.25) is 10.0 Å². The van der Waals surface area contributed by atoms with Crippen LogP contribution in [0.4, 0.5) is 0 Å². The molecule has 118 valence electrons.